The van der Waals surface area contributed by atoms with Crippen LogP contribution in [0.5, 0.6) is 0 Å². The zero-order valence-corrected chi connectivity index (χ0v) is 18.6. The lowest BCUT2D eigenvalue weighted by Crippen LogP contribution is -2.43. The zero-order valence-electron chi connectivity index (χ0n) is 18.6. The Hall–Kier alpha value is -3.44. The first-order valence-corrected chi connectivity index (χ1v) is 11.9. The van der Waals surface area contributed by atoms with Gasteiger partial charge in [0.15, 0.2) is 0 Å². The number of nitrogens with two attached hydrogens (primary N) is 1. The molecule has 0 radical (unpaired) electrons. The second-order valence-electron chi connectivity index (χ2n) is 9.56. The molecule has 5 heteroatoms. The Kier molecular flexibility index (Phi) is 4.80. The van der Waals surface area contributed by atoms with Crippen molar-refractivity contribution in [2.75, 3.05) is 6.54 Å². The van der Waals surface area contributed by atoms with E-state index in [2.05, 4.69) is 41.7 Å². The molecule has 2 aliphatic rings. The fraction of sp³-hybridized carbons (Fsp3) is 0.286. The minimum absolute atomic E-state index is 0.0313. The van der Waals surface area contributed by atoms with Crippen LogP contribution in [0.4, 0.5) is 0 Å². The summed E-state index contributed by atoms with van der Waals surface area (Å²) in [6, 6.07) is 22.6. The Bertz CT molecular complexity index is 1320. The van der Waals surface area contributed by atoms with Crippen molar-refractivity contribution in [2.24, 2.45) is 11.7 Å². The number of aromatic nitrogens is 2. The van der Waals surface area contributed by atoms with E-state index in [1.807, 2.05) is 40.9 Å². The first-order valence-electron chi connectivity index (χ1n) is 11.9. The number of nitrogens with zero attached hydrogens (tertiary/aromatic N) is 2. The van der Waals surface area contributed by atoms with Crippen molar-refractivity contribution >= 4 is 11.6 Å². The van der Waals surface area contributed by atoms with Crippen molar-refractivity contribution < 1.29 is 4.79 Å². The summed E-state index contributed by atoms with van der Waals surface area (Å²) in [5, 5.41) is 3.07. The minimum Gasteiger partial charge on any atom is -0.352 e. The Morgan fingerprint density at radius 1 is 1.00 bits per heavy atom. The van der Waals surface area contributed by atoms with Crippen molar-refractivity contribution in [3.05, 3.63) is 84.1 Å². The number of nitrogens with one attached hydrogen (secondary N) is 1. The molecule has 0 bridgehead atoms. The number of carbonyl (C=O) groups excluding carboxylic acids is 1. The van der Waals surface area contributed by atoms with Crippen molar-refractivity contribution in [1.82, 2.24) is 14.7 Å². The summed E-state index contributed by atoms with van der Waals surface area (Å²) >= 11 is 0. The minimum atomic E-state index is -0.178. The van der Waals surface area contributed by atoms with Crippen LogP contribution < -0.4 is 11.1 Å². The summed E-state index contributed by atoms with van der Waals surface area (Å²) in [7, 11) is 0. The van der Waals surface area contributed by atoms with Crippen LogP contribution in [-0.4, -0.2) is 21.8 Å². The lowest BCUT2D eigenvalue weighted by atomic mass is 9.72. The van der Waals surface area contributed by atoms with Gasteiger partial charge in [0, 0.05) is 29.4 Å². The number of carbonyl (C=O) groups is 1. The Labute approximate surface area is 193 Å². The monoisotopic (exact) mass is 436 g/mol. The third-order valence-electron chi connectivity index (χ3n) is 7.16. The van der Waals surface area contributed by atoms with Crippen molar-refractivity contribution in [3.63, 3.8) is 0 Å². The number of hydrogen-bond acceptors (Lipinski definition) is 3. The maximum atomic E-state index is 12.8. The molecule has 4 aromatic rings. The highest BCUT2D eigenvalue weighted by atomic mass is 16.1. The molecule has 0 saturated heterocycles. The van der Waals surface area contributed by atoms with Crippen LogP contribution in [0.25, 0.3) is 28.2 Å². The molecule has 0 spiro atoms. The fourth-order valence-corrected chi connectivity index (χ4v) is 4.72. The summed E-state index contributed by atoms with van der Waals surface area (Å²) in [6.45, 7) is 0.757. The van der Waals surface area contributed by atoms with E-state index in [1.54, 1.807) is 0 Å². The standard InChI is InChI=1S/C28H28N4O/c29-28(15-4-16-28)23-12-9-20(10-13-23)25-26(21-5-2-1-3-6-21)32-18-22(11-14-24(32)31-25)27(33)30-17-19-7-8-19/h1-3,5-6,9-14,18-19H,4,7-8,15-17,29H2,(H,30,33). The van der Waals surface area contributed by atoms with Gasteiger partial charge in [-0.3, -0.25) is 9.20 Å². The molecule has 166 valence electrons. The molecular formula is C28H28N4O. The summed E-state index contributed by atoms with van der Waals surface area (Å²) in [5.41, 5.74) is 13.0. The van der Waals surface area contributed by atoms with Gasteiger partial charge in [0.05, 0.1) is 17.0 Å². The van der Waals surface area contributed by atoms with Crippen LogP contribution in [0.1, 0.15) is 48.0 Å². The Balaban J connectivity index is 1.43. The van der Waals surface area contributed by atoms with E-state index in [9.17, 15) is 4.79 Å². The van der Waals surface area contributed by atoms with Crippen molar-refractivity contribution in [2.45, 2.75) is 37.6 Å². The molecule has 1 amide bonds. The number of hydrogen-bond donors (Lipinski definition) is 2. The third-order valence-corrected chi connectivity index (χ3v) is 7.16. The predicted molar refractivity (Wildman–Crippen MR) is 131 cm³/mol. The number of benzene rings is 2. The van der Waals surface area contributed by atoms with E-state index in [0.29, 0.717) is 11.5 Å². The van der Waals surface area contributed by atoms with Crippen LogP contribution in [0, 0.1) is 5.92 Å². The molecule has 0 atom stereocenters. The van der Waals surface area contributed by atoms with Crippen LogP contribution in [0.15, 0.2) is 72.9 Å². The van der Waals surface area contributed by atoms with E-state index in [-0.39, 0.29) is 11.4 Å². The van der Waals surface area contributed by atoms with Gasteiger partial charge in [0.25, 0.3) is 5.91 Å². The van der Waals surface area contributed by atoms with Crippen LogP contribution in [-0.2, 0) is 5.54 Å². The molecule has 2 heterocycles. The second kappa shape index (κ2) is 7.85. The maximum absolute atomic E-state index is 12.8. The summed E-state index contributed by atoms with van der Waals surface area (Å²) in [4.78, 5) is 17.7. The highest BCUT2D eigenvalue weighted by molar-refractivity contribution is 5.94. The average Bonchev–Trinajstić information content (AvgIpc) is 3.59. The lowest BCUT2D eigenvalue weighted by Gasteiger charge is -2.38. The van der Waals surface area contributed by atoms with E-state index in [0.717, 1.165) is 47.5 Å². The Morgan fingerprint density at radius 3 is 2.42 bits per heavy atom. The summed E-state index contributed by atoms with van der Waals surface area (Å²) < 4.78 is 2.04. The largest absolute Gasteiger partial charge is 0.352 e. The molecule has 33 heavy (non-hydrogen) atoms. The smallest absolute Gasteiger partial charge is 0.252 e. The van der Waals surface area contributed by atoms with Gasteiger partial charge in [-0.25, -0.2) is 4.98 Å². The second-order valence-corrected chi connectivity index (χ2v) is 9.56. The van der Waals surface area contributed by atoms with Crippen LogP contribution in [0.3, 0.4) is 0 Å². The van der Waals surface area contributed by atoms with E-state index < -0.39 is 0 Å². The predicted octanol–water partition coefficient (Wildman–Crippen LogP) is 5.15. The quantitative estimate of drug-likeness (QED) is 0.439. The molecule has 0 unspecified atom stereocenters. The van der Waals surface area contributed by atoms with Crippen molar-refractivity contribution in [3.8, 4) is 22.5 Å². The van der Waals surface area contributed by atoms with Gasteiger partial charge in [-0.05, 0) is 55.7 Å². The molecule has 0 aliphatic heterocycles. The van der Waals surface area contributed by atoms with Gasteiger partial charge in [-0.15, -0.1) is 0 Å². The zero-order chi connectivity index (χ0) is 22.4. The molecule has 3 N–H and O–H groups in total. The Morgan fingerprint density at radius 2 is 1.76 bits per heavy atom. The number of fused-ring (bicyclic) bond motifs is 1. The van der Waals surface area contributed by atoms with Gasteiger partial charge >= 0.3 is 0 Å². The third kappa shape index (κ3) is 3.72. The van der Waals surface area contributed by atoms with Gasteiger partial charge in [0.2, 0.25) is 0 Å². The van der Waals surface area contributed by atoms with Gasteiger partial charge in [0.1, 0.15) is 5.65 Å². The normalized spacial score (nSPS) is 17.0. The fourth-order valence-electron chi connectivity index (χ4n) is 4.72. The molecule has 5 nitrogen and oxygen atoms in total. The van der Waals surface area contributed by atoms with Crippen LogP contribution in [0.2, 0.25) is 0 Å². The molecule has 6 rings (SSSR count). The van der Waals surface area contributed by atoms with E-state index >= 15 is 0 Å². The van der Waals surface area contributed by atoms with E-state index in [4.69, 9.17) is 10.7 Å². The molecule has 2 aliphatic carbocycles. The van der Waals surface area contributed by atoms with Crippen molar-refractivity contribution in [1.29, 1.82) is 0 Å². The molecule has 2 aromatic heterocycles. The van der Waals surface area contributed by atoms with Crippen LogP contribution >= 0.6 is 0 Å². The highest BCUT2D eigenvalue weighted by Gasteiger charge is 2.34. The SMILES string of the molecule is NC1(c2ccc(-c3nc4ccc(C(=O)NCC5CC5)cn4c3-c3ccccc3)cc2)CCC1. The molecule has 2 saturated carbocycles. The number of amides is 1. The van der Waals surface area contributed by atoms with E-state index in [1.165, 1.54) is 24.8 Å². The highest BCUT2D eigenvalue weighted by Crippen LogP contribution is 2.40. The molecule has 2 aromatic carbocycles. The summed E-state index contributed by atoms with van der Waals surface area (Å²) in [6.07, 6.45) is 7.62. The topological polar surface area (TPSA) is 72.4 Å². The lowest BCUT2D eigenvalue weighted by molar-refractivity contribution is 0.0951. The van der Waals surface area contributed by atoms with Gasteiger partial charge in [-0.1, -0.05) is 54.6 Å². The maximum Gasteiger partial charge on any atom is 0.252 e. The first kappa shape index (κ1) is 20.2. The molecule has 2 fully saturated rings. The first-order chi connectivity index (χ1) is 16.1. The summed E-state index contributed by atoms with van der Waals surface area (Å²) in [5.74, 6) is 0.615. The van der Waals surface area contributed by atoms with Gasteiger partial charge in [-0.2, -0.15) is 0 Å². The number of pyridine rings is 1. The number of imidazole rings is 1. The average molecular weight is 437 g/mol. The van der Waals surface area contributed by atoms with Gasteiger partial charge < -0.3 is 11.1 Å². The molecular weight excluding hydrogens is 408 g/mol. The number of rotatable bonds is 6.